The van der Waals surface area contributed by atoms with Gasteiger partial charge in [0.25, 0.3) is 0 Å². The number of nitrogens with zero attached hydrogens (tertiary/aromatic N) is 4. The van der Waals surface area contributed by atoms with Gasteiger partial charge in [-0.05, 0) is 53.5 Å². The molecule has 1 aromatic heterocycles. The Labute approximate surface area is 138 Å². The van der Waals surface area contributed by atoms with Crippen molar-refractivity contribution in [2.75, 3.05) is 19.8 Å². The predicted octanol–water partition coefficient (Wildman–Crippen LogP) is 1.78. The third-order valence-electron chi connectivity index (χ3n) is 5.33. The zero-order valence-electron chi connectivity index (χ0n) is 14.8. The van der Waals surface area contributed by atoms with Gasteiger partial charge in [-0.2, -0.15) is 5.10 Å². The maximum Gasteiger partial charge on any atom is 0.141 e. The van der Waals surface area contributed by atoms with Gasteiger partial charge < -0.3 is 9.84 Å². The Morgan fingerprint density at radius 2 is 2.22 bits per heavy atom. The summed E-state index contributed by atoms with van der Waals surface area (Å²) in [6.45, 7) is 11.6. The van der Waals surface area contributed by atoms with Gasteiger partial charge in [0.1, 0.15) is 12.2 Å². The van der Waals surface area contributed by atoms with Crippen LogP contribution in [0.25, 0.3) is 0 Å². The Bertz CT molecular complexity index is 535. The monoisotopic (exact) mass is 322 g/mol. The third kappa shape index (κ3) is 3.44. The fraction of sp³-hybridized carbons (Fsp3) is 0.882. The van der Waals surface area contributed by atoms with E-state index in [-0.39, 0.29) is 11.5 Å². The summed E-state index contributed by atoms with van der Waals surface area (Å²) in [5.74, 6) is 1.17. The van der Waals surface area contributed by atoms with Crippen LogP contribution in [0.5, 0.6) is 0 Å². The molecule has 0 saturated carbocycles. The highest BCUT2D eigenvalue weighted by atomic mass is 16.5. The minimum atomic E-state index is -0.636. The summed E-state index contributed by atoms with van der Waals surface area (Å²) in [4.78, 5) is 6.94. The Balaban J connectivity index is 1.76. The van der Waals surface area contributed by atoms with Gasteiger partial charge in [-0.15, -0.1) is 0 Å². The fourth-order valence-electron chi connectivity index (χ4n) is 4.00. The summed E-state index contributed by atoms with van der Waals surface area (Å²) in [6.07, 6.45) is 4.65. The second-order valence-corrected chi connectivity index (χ2v) is 8.23. The van der Waals surface area contributed by atoms with Crippen molar-refractivity contribution in [2.24, 2.45) is 5.92 Å². The summed E-state index contributed by atoms with van der Waals surface area (Å²) in [6, 6.07) is 0.357. The summed E-state index contributed by atoms with van der Waals surface area (Å²) in [7, 11) is 0. The number of likely N-dealkylation sites (tertiary alicyclic amines) is 1. The van der Waals surface area contributed by atoms with E-state index in [1.165, 1.54) is 6.42 Å². The van der Waals surface area contributed by atoms with Gasteiger partial charge in [0.2, 0.25) is 0 Å². The zero-order valence-corrected chi connectivity index (χ0v) is 14.8. The summed E-state index contributed by atoms with van der Waals surface area (Å²) in [5, 5.41) is 15.2. The Kier molecular flexibility index (Phi) is 4.51. The average Bonchev–Trinajstić information content (AvgIpc) is 3.07. The number of aliphatic hydroxyl groups is 1. The SMILES string of the molecule is CC(C)(C)n1ncnc1CN1CCC[C@@H]1[C@H]1COCC[C@]1(C)O. The van der Waals surface area contributed by atoms with Crippen LogP contribution in [0.3, 0.4) is 0 Å². The molecule has 6 heteroatoms. The fourth-order valence-corrected chi connectivity index (χ4v) is 4.00. The Morgan fingerprint density at radius 1 is 1.43 bits per heavy atom. The molecule has 0 amide bonds. The van der Waals surface area contributed by atoms with Crippen molar-refractivity contribution in [1.82, 2.24) is 19.7 Å². The molecule has 2 saturated heterocycles. The largest absolute Gasteiger partial charge is 0.390 e. The van der Waals surface area contributed by atoms with Gasteiger partial charge in [0.05, 0.1) is 24.3 Å². The molecule has 6 nitrogen and oxygen atoms in total. The lowest BCUT2D eigenvalue weighted by atomic mass is 9.79. The number of ether oxygens (including phenoxy) is 1. The molecule has 0 radical (unpaired) electrons. The summed E-state index contributed by atoms with van der Waals surface area (Å²) >= 11 is 0. The van der Waals surface area contributed by atoms with E-state index in [9.17, 15) is 5.11 Å². The lowest BCUT2D eigenvalue weighted by molar-refractivity contribution is -0.123. The number of hydrogen-bond donors (Lipinski definition) is 1. The second-order valence-electron chi connectivity index (χ2n) is 8.23. The van der Waals surface area contributed by atoms with Gasteiger partial charge in [0.15, 0.2) is 0 Å². The predicted molar refractivity (Wildman–Crippen MR) is 88.0 cm³/mol. The van der Waals surface area contributed by atoms with E-state index >= 15 is 0 Å². The first kappa shape index (κ1) is 16.9. The molecule has 0 spiro atoms. The average molecular weight is 322 g/mol. The first-order valence-corrected chi connectivity index (χ1v) is 8.72. The molecule has 130 valence electrons. The van der Waals surface area contributed by atoms with Crippen molar-refractivity contribution in [3.63, 3.8) is 0 Å². The minimum Gasteiger partial charge on any atom is -0.390 e. The molecule has 2 aliphatic heterocycles. The van der Waals surface area contributed by atoms with E-state index in [4.69, 9.17) is 4.74 Å². The molecule has 0 unspecified atom stereocenters. The smallest absolute Gasteiger partial charge is 0.141 e. The maximum atomic E-state index is 10.8. The van der Waals surface area contributed by atoms with Crippen LogP contribution in [-0.4, -0.2) is 56.2 Å². The van der Waals surface area contributed by atoms with Crippen molar-refractivity contribution in [1.29, 1.82) is 0 Å². The van der Waals surface area contributed by atoms with Gasteiger partial charge in [0, 0.05) is 18.6 Å². The van der Waals surface area contributed by atoms with Crippen LogP contribution in [0.4, 0.5) is 0 Å². The maximum absolute atomic E-state index is 10.8. The van der Waals surface area contributed by atoms with Gasteiger partial charge in [-0.25, -0.2) is 9.67 Å². The number of rotatable bonds is 3. The topological polar surface area (TPSA) is 63.4 Å². The first-order valence-electron chi connectivity index (χ1n) is 8.72. The Hall–Kier alpha value is -0.980. The van der Waals surface area contributed by atoms with Crippen LogP contribution in [-0.2, 0) is 16.8 Å². The molecule has 2 fully saturated rings. The van der Waals surface area contributed by atoms with Crippen molar-refractivity contribution >= 4 is 0 Å². The second kappa shape index (κ2) is 6.15. The van der Waals surface area contributed by atoms with Gasteiger partial charge >= 0.3 is 0 Å². The highest BCUT2D eigenvalue weighted by Crippen LogP contribution is 2.36. The van der Waals surface area contributed by atoms with E-state index < -0.39 is 5.60 Å². The highest BCUT2D eigenvalue weighted by Gasteiger charge is 2.44. The van der Waals surface area contributed by atoms with Gasteiger partial charge in [-0.3, -0.25) is 4.90 Å². The molecule has 0 bridgehead atoms. The van der Waals surface area contributed by atoms with Crippen molar-refractivity contribution in [2.45, 2.75) is 70.7 Å². The van der Waals surface area contributed by atoms with E-state index in [1.807, 2.05) is 11.6 Å². The van der Waals surface area contributed by atoms with Gasteiger partial charge in [-0.1, -0.05) is 0 Å². The van der Waals surface area contributed by atoms with E-state index in [2.05, 4.69) is 35.8 Å². The molecule has 3 heterocycles. The molecule has 3 rings (SSSR count). The molecule has 0 aliphatic carbocycles. The van der Waals surface area contributed by atoms with E-state index in [0.29, 0.717) is 19.3 Å². The highest BCUT2D eigenvalue weighted by molar-refractivity contribution is 4.99. The van der Waals surface area contributed by atoms with E-state index in [1.54, 1.807) is 6.33 Å². The van der Waals surface area contributed by atoms with Crippen LogP contribution in [0.15, 0.2) is 6.33 Å². The summed E-state index contributed by atoms with van der Waals surface area (Å²) < 4.78 is 7.68. The lowest BCUT2D eigenvalue weighted by Gasteiger charge is -2.43. The summed E-state index contributed by atoms with van der Waals surface area (Å²) in [5.41, 5.74) is -0.705. The molecule has 23 heavy (non-hydrogen) atoms. The molecule has 2 aliphatic rings. The molecule has 1 aromatic rings. The first-order chi connectivity index (χ1) is 10.8. The van der Waals surface area contributed by atoms with Crippen molar-refractivity contribution in [3.8, 4) is 0 Å². The van der Waals surface area contributed by atoms with Crippen molar-refractivity contribution in [3.05, 3.63) is 12.2 Å². The van der Waals surface area contributed by atoms with Crippen molar-refractivity contribution < 1.29 is 9.84 Å². The van der Waals surface area contributed by atoms with Crippen LogP contribution >= 0.6 is 0 Å². The minimum absolute atomic E-state index is 0.0690. The number of hydrogen-bond acceptors (Lipinski definition) is 5. The van der Waals surface area contributed by atoms with Crippen LogP contribution < -0.4 is 0 Å². The quantitative estimate of drug-likeness (QED) is 0.919. The molecule has 0 aromatic carbocycles. The van der Waals surface area contributed by atoms with Crippen LogP contribution in [0, 0.1) is 5.92 Å². The molecule has 1 N–H and O–H groups in total. The number of aromatic nitrogens is 3. The standard InChI is InChI=1S/C17H30N4O2/c1-16(2,3)21-15(18-12-19-21)10-20-8-5-6-14(20)13-11-23-9-7-17(13,4)22/h12-14,22H,5-11H2,1-4H3/t13-,14-,17+/m1/s1. The van der Waals surface area contributed by atoms with Crippen LogP contribution in [0.2, 0.25) is 0 Å². The normalized spacial score (nSPS) is 33.3. The lowest BCUT2D eigenvalue weighted by Crippen LogP contribution is -2.52. The third-order valence-corrected chi connectivity index (χ3v) is 5.33. The molecular formula is C17H30N4O2. The Morgan fingerprint density at radius 3 is 2.91 bits per heavy atom. The molecular weight excluding hydrogens is 292 g/mol. The van der Waals surface area contributed by atoms with E-state index in [0.717, 1.165) is 31.8 Å². The zero-order chi connectivity index (χ0) is 16.7. The van der Waals surface area contributed by atoms with Crippen LogP contribution in [0.1, 0.15) is 52.8 Å². The molecule has 3 atom stereocenters.